The van der Waals surface area contributed by atoms with E-state index in [9.17, 15) is 9.59 Å². The standard InChI is InChI=1S/C24H40N2O3/c1-22(2,3)26-20(27)17-10-9-15-14-8-7-12-24(5,16(14)11-13-23(15,17)4)19-18(29-19)21(28)25-6/h14-19H,7-13H2,1-6H3,(H,25,28)(H,26,27)/t14-,15?,16?,17+,18?,19?,23-,24-/m0/s1. The molecule has 4 fully saturated rings. The van der Waals surface area contributed by atoms with Crippen LogP contribution >= 0.6 is 0 Å². The smallest absolute Gasteiger partial charge is 0.251 e. The van der Waals surface area contributed by atoms with Crippen molar-refractivity contribution in [2.45, 2.75) is 97.3 Å². The molecule has 3 aliphatic carbocycles. The molecule has 29 heavy (non-hydrogen) atoms. The van der Waals surface area contributed by atoms with Crippen LogP contribution in [0.1, 0.15) is 79.6 Å². The lowest BCUT2D eigenvalue weighted by Gasteiger charge is -2.56. The number of hydrogen-bond acceptors (Lipinski definition) is 3. The summed E-state index contributed by atoms with van der Waals surface area (Å²) in [4.78, 5) is 25.2. The highest BCUT2D eigenvalue weighted by atomic mass is 16.6. The number of ether oxygens (including phenoxy) is 1. The Hall–Kier alpha value is -1.10. The number of rotatable bonds is 3. The van der Waals surface area contributed by atoms with Crippen LogP contribution in [0, 0.1) is 34.5 Å². The lowest BCUT2D eigenvalue weighted by Crippen LogP contribution is -2.53. The molecule has 0 bridgehead atoms. The molecule has 4 unspecified atom stereocenters. The van der Waals surface area contributed by atoms with Crippen LogP contribution in [0.2, 0.25) is 0 Å². The van der Waals surface area contributed by atoms with Crippen LogP contribution in [0.4, 0.5) is 0 Å². The van der Waals surface area contributed by atoms with Crippen LogP contribution in [-0.2, 0) is 14.3 Å². The van der Waals surface area contributed by atoms with Crippen molar-refractivity contribution < 1.29 is 14.3 Å². The Morgan fingerprint density at radius 3 is 2.28 bits per heavy atom. The zero-order valence-corrected chi connectivity index (χ0v) is 19.1. The van der Waals surface area contributed by atoms with Gasteiger partial charge in [-0.2, -0.15) is 0 Å². The Balaban J connectivity index is 1.53. The summed E-state index contributed by atoms with van der Waals surface area (Å²) in [7, 11) is 1.69. The summed E-state index contributed by atoms with van der Waals surface area (Å²) in [6.07, 6.45) is 7.91. The largest absolute Gasteiger partial charge is 0.359 e. The first-order valence-corrected chi connectivity index (χ1v) is 11.7. The quantitative estimate of drug-likeness (QED) is 0.705. The predicted octanol–water partition coefficient (Wildman–Crippen LogP) is 3.66. The van der Waals surface area contributed by atoms with Crippen LogP contribution in [0.5, 0.6) is 0 Å². The van der Waals surface area contributed by atoms with Crippen molar-refractivity contribution in [3.8, 4) is 0 Å². The Kier molecular flexibility index (Phi) is 5.08. The second-order valence-electron chi connectivity index (χ2n) is 11.8. The summed E-state index contributed by atoms with van der Waals surface area (Å²) in [6.45, 7) is 11.0. The number of nitrogens with one attached hydrogen (secondary N) is 2. The first kappa shape index (κ1) is 21.1. The fourth-order valence-corrected chi connectivity index (χ4v) is 7.61. The number of hydrogen-bond donors (Lipinski definition) is 2. The van der Waals surface area contributed by atoms with Gasteiger partial charge in [0.2, 0.25) is 5.91 Å². The first-order valence-electron chi connectivity index (χ1n) is 11.7. The second kappa shape index (κ2) is 6.96. The predicted molar refractivity (Wildman–Crippen MR) is 113 cm³/mol. The number of carbonyl (C=O) groups excluding carboxylic acids is 2. The van der Waals surface area contributed by atoms with Gasteiger partial charge < -0.3 is 15.4 Å². The summed E-state index contributed by atoms with van der Waals surface area (Å²) < 4.78 is 5.94. The Labute approximate surface area is 176 Å². The summed E-state index contributed by atoms with van der Waals surface area (Å²) in [5.41, 5.74) is 0.0247. The molecular formula is C24H40N2O3. The van der Waals surface area contributed by atoms with Crippen molar-refractivity contribution >= 4 is 11.8 Å². The molecule has 5 heteroatoms. The Morgan fingerprint density at radius 2 is 1.62 bits per heavy atom. The minimum Gasteiger partial charge on any atom is -0.359 e. The highest BCUT2D eigenvalue weighted by Crippen LogP contribution is 2.66. The lowest BCUT2D eigenvalue weighted by atomic mass is 9.48. The molecule has 0 aromatic heterocycles. The van der Waals surface area contributed by atoms with E-state index in [0.717, 1.165) is 25.7 Å². The lowest BCUT2D eigenvalue weighted by molar-refractivity contribution is -0.135. The van der Waals surface area contributed by atoms with Crippen molar-refractivity contribution in [1.29, 1.82) is 0 Å². The van der Waals surface area contributed by atoms with Crippen LogP contribution in [0.15, 0.2) is 0 Å². The van der Waals surface area contributed by atoms with E-state index in [1.807, 2.05) is 0 Å². The Morgan fingerprint density at radius 1 is 0.931 bits per heavy atom. The molecule has 4 aliphatic rings. The third-order valence-corrected chi connectivity index (χ3v) is 9.00. The van der Waals surface area contributed by atoms with Gasteiger partial charge in [0.05, 0.1) is 6.10 Å². The normalized spacial score (nSPS) is 46.4. The van der Waals surface area contributed by atoms with E-state index >= 15 is 0 Å². The number of fused-ring (bicyclic) bond motifs is 3. The van der Waals surface area contributed by atoms with Gasteiger partial charge in [-0.15, -0.1) is 0 Å². The average molecular weight is 405 g/mol. The zero-order valence-electron chi connectivity index (χ0n) is 19.1. The van der Waals surface area contributed by atoms with Crippen LogP contribution < -0.4 is 10.6 Å². The number of amides is 2. The topological polar surface area (TPSA) is 70.7 Å². The number of likely N-dealkylation sites (N-methyl/N-ethyl adjacent to an activating group) is 1. The molecule has 3 saturated carbocycles. The van der Waals surface area contributed by atoms with Crippen molar-refractivity contribution in [1.82, 2.24) is 10.6 Å². The maximum atomic E-state index is 13.1. The van der Waals surface area contributed by atoms with Gasteiger partial charge >= 0.3 is 0 Å². The Bertz CT molecular complexity index is 686. The summed E-state index contributed by atoms with van der Waals surface area (Å²) in [6, 6.07) is 0. The van der Waals surface area contributed by atoms with Crippen LogP contribution in [0.3, 0.4) is 0 Å². The van der Waals surface area contributed by atoms with E-state index in [-0.39, 0.29) is 46.3 Å². The molecule has 4 rings (SSSR count). The molecule has 0 radical (unpaired) electrons. The molecule has 8 atom stereocenters. The molecule has 2 N–H and O–H groups in total. The molecule has 1 saturated heterocycles. The monoisotopic (exact) mass is 404 g/mol. The van der Waals surface area contributed by atoms with Gasteiger partial charge in [0.15, 0.2) is 6.10 Å². The molecule has 164 valence electrons. The van der Waals surface area contributed by atoms with E-state index in [1.54, 1.807) is 7.05 Å². The molecule has 1 aliphatic heterocycles. The van der Waals surface area contributed by atoms with E-state index in [2.05, 4.69) is 45.3 Å². The number of carbonyl (C=O) groups is 2. The maximum absolute atomic E-state index is 13.1. The van der Waals surface area contributed by atoms with E-state index in [0.29, 0.717) is 17.8 Å². The number of epoxide rings is 1. The van der Waals surface area contributed by atoms with Crippen molar-refractivity contribution in [3.63, 3.8) is 0 Å². The summed E-state index contributed by atoms with van der Waals surface area (Å²) in [5, 5.41) is 6.01. The molecular weight excluding hydrogens is 364 g/mol. The van der Waals surface area contributed by atoms with Crippen molar-refractivity contribution in [2.75, 3.05) is 7.05 Å². The van der Waals surface area contributed by atoms with Crippen molar-refractivity contribution in [2.24, 2.45) is 34.5 Å². The first-order chi connectivity index (χ1) is 13.5. The van der Waals surface area contributed by atoms with Gasteiger partial charge in [0.25, 0.3) is 5.91 Å². The SMILES string of the molecule is CNC(=O)C1OC1[C@@]1(C)CCC[C@@H]2C1CC[C@@]1(C)C2CC[C@@H]1C(=O)NC(C)(C)C. The van der Waals surface area contributed by atoms with Gasteiger partial charge in [0.1, 0.15) is 0 Å². The van der Waals surface area contributed by atoms with Gasteiger partial charge in [-0.1, -0.05) is 20.3 Å². The highest BCUT2D eigenvalue weighted by molar-refractivity contribution is 5.83. The second-order valence-corrected chi connectivity index (χ2v) is 11.8. The summed E-state index contributed by atoms with van der Waals surface area (Å²) in [5.74, 6) is 2.31. The third-order valence-electron chi connectivity index (χ3n) is 9.00. The van der Waals surface area contributed by atoms with Gasteiger partial charge in [0, 0.05) is 18.5 Å². The minimum atomic E-state index is -0.258. The molecule has 0 spiro atoms. The van der Waals surface area contributed by atoms with Crippen LogP contribution in [0.25, 0.3) is 0 Å². The molecule has 1 heterocycles. The van der Waals surface area contributed by atoms with E-state index in [4.69, 9.17) is 4.74 Å². The average Bonchev–Trinajstić information content (AvgIpc) is 3.36. The molecule has 5 nitrogen and oxygen atoms in total. The minimum absolute atomic E-state index is 0.0266. The van der Waals surface area contributed by atoms with Crippen LogP contribution in [-0.4, -0.2) is 36.6 Å². The van der Waals surface area contributed by atoms with Gasteiger partial charge in [-0.25, -0.2) is 0 Å². The molecule has 0 aromatic carbocycles. The van der Waals surface area contributed by atoms with E-state index in [1.165, 1.54) is 19.3 Å². The maximum Gasteiger partial charge on any atom is 0.251 e. The fourth-order valence-electron chi connectivity index (χ4n) is 7.61. The van der Waals surface area contributed by atoms with Gasteiger partial charge in [-0.3, -0.25) is 9.59 Å². The molecule has 0 aromatic rings. The molecule has 2 amide bonds. The zero-order chi connectivity index (χ0) is 21.2. The van der Waals surface area contributed by atoms with E-state index < -0.39 is 0 Å². The summed E-state index contributed by atoms with van der Waals surface area (Å²) >= 11 is 0. The van der Waals surface area contributed by atoms with Crippen molar-refractivity contribution in [3.05, 3.63) is 0 Å². The third kappa shape index (κ3) is 3.41. The van der Waals surface area contributed by atoms with Gasteiger partial charge in [-0.05, 0) is 87.9 Å². The fraction of sp³-hybridized carbons (Fsp3) is 0.917. The highest BCUT2D eigenvalue weighted by Gasteiger charge is 2.65.